The van der Waals surface area contributed by atoms with E-state index in [1.165, 1.54) is 19.1 Å². The van der Waals surface area contributed by atoms with Gasteiger partial charge in [-0.2, -0.15) is 0 Å². The fraction of sp³-hybridized carbons (Fsp3) is 0.0667. The summed E-state index contributed by atoms with van der Waals surface area (Å²) in [5.41, 5.74) is 1.19. The number of carbonyl (C=O) groups excluding carboxylic acids is 2. The van der Waals surface area contributed by atoms with Gasteiger partial charge in [0, 0.05) is 15.7 Å². The lowest BCUT2D eigenvalue weighted by Gasteiger charge is -2.08. The largest absolute Gasteiger partial charge is 0.507 e. The van der Waals surface area contributed by atoms with Gasteiger partial charge in [-0.05, 0) is 37.3 Å². The number of hydrogen-bond donors (Lipinski definition) is 2. The Morgan fingerprint density at radius 2 is 1.90 bits per heavy atom. The zero-order chi connectivity index (χ0) is 14.7. The second-order valence-corrected chi connectivity index (χ2v) is 5.17. The summed E-state index contributed by atoms with van der Waals surface area (Å²) in [6.07, 6.45) is 0. The van der Waals surface area contributed by atoms with Crippen LogP contribution in [0.2, 0.25) is 0 Å². The predicted molar refractivity (Wildman–Crippen MR) is 80.2 cm³/mol. The monoisotopic (exact) mass is 333 g/mol. The summed E-state index contributed by atoms with van der Waals surface area (Å²) in [6.45, 7) is 1.46. The first-order chi connectivity index (χ1) is 9.47. The van der Waals surface area contributed by atoms with Gasteiger partial charge in [0.25, 0.3) is 5.91 Å². The average Bonchev–Trinajstić information content (AvgIpc) is 2.38. The molecule has 1 amide bonds. The Kier molecular flexibility index (Phi) is 4.20. The maximum atomic E-state index is 12.1. The molecule has 20 heavy (non-hydrogen) atoms. The van der Waals surface area contributed by atoms with Crippen LogP contribution in [0.1, 0.15) is 27.6 Å². The quantitative estimate of drug-likeness (QED) is 0.843. The maximum Gasteiger partial charge on any atom is 0.259 e. The minimum atomic E-state index is -0.435. The van der Waals surface area contributed by atoms with Crippen molar-refractivity contribution in [2.45, 2.75) is 6.92 Å². The van der Waals surface area contributed by atoms with E-state index in [1.807, 2.05) is 0 Å². The summed E-state index contributed by atoms with van der Waals surface area (Å²) >= 11 is 3.21. The number of nitrogens with one attached hydrogen (secondary N) is 1. The van der Waals surface area contributed by atoms with Crippen molar-refractivity contribution >= 4 is 33.3 Å². The molecular formula is C15H12BrNO3. The van der Waals surface area contributed by atoms with Crippen molar-refractivity contribution in [3.05, 3.63) is 58.1 Å². The number of ketones is 1. The molecule has 0 aromatic heterocycles. The smallest absolute Gasteiger partial charge is 0.259 e. The number of phenols is 1. The second-order valence-electron chi connectivity index (χ2n) is 4.25. The van der Waals surface area contributed by atoms with Gasteiger partial charge in [0.1, 0.15) is 5.75 Å². The van der Waals surface area contributed by atoms with Crippen LogP contribution in [0.5, 0.6) is 5.75 Å². The highest BCUT2D eigenvalue weighted by Crippen LogP contribution is 2.23. The lowest BCUT2D eigenvalue weighted by Crippen LogP contribution is -2.12. The first kappa shape index (κ1) is 14.3. The average molecular weight is 334 g/mol. The molecule has 0 radical (unpaired) electrons. The molecule has 0 bridgehead atoms. The number of phenolic OH excluding ortho intramolecular Hbond substituents is 1. The van der Waals surface area contributed by atoms with Crippen molar-refractivity contribution in [3.63, 3.8) is 0 Å². The Labute approximate surface area is 124 Å². The molecule has 0 unspecified atom stereocenters. The van der Waals surface area contributed by atoms with Crippen molar-refractivity contribution in [3.8, 4) is 5.75 Å². The van der Waals surface area contributed by atoms with Gasteiger partial charge in [-0.25, -0.2) is 0 Å². The van der Waals surface area contributed by atoms with Gasteiger partial charge in [-0.3, -0.25) is 9.59 Å². The minimum Gasteiger partial charge on any atom is -0.507 e. The van der Waals surface area contributed by atoms with Gasteiger partial charge >= 0.3 is 0 Å². The van der Waals surface area contributed by atoms with Crippen LogP contribution in [-0.2, 0) is 0 Å². The number of hydrogen-bond acceptors (Lipinski definition) is 3. The van der Waals surface area contributed by atoms with E-state index < -0.39 is 5.91 Å². The highest BCUT2D eigenvalue weighted by molar-refractivity contribution is 9.10. The van der Waals surface area contributed by atoms with Crippen molar-refractivity contribution in [1.29, 1.82) is 0 Å². The summed E-state index contributed by atoms with van der Waals surface area (Å²) in [6, 6.07) is 11.3. The Morgan fingerprint density at radius 1 is 1.15 bits per heavy atom. The van der Waals surface area contributed by atoms with E-state index in [0.29, 0.717) is 15.7 Å². The Bertz CT molecular complexity index is 683. The molecule has 2 N–H and O–H groups in total. The molecule has 0 heterocycles. The second kappa shape index (κ2) is 5.88. The standard InChI is InChI=1S/C15H12BrNO3/c1-9(18)10-3-2-4-12(7-10)17-15(20)13-6-5-11(16)8-14(13)19/h2-8,19H,1H3,(H,17,20). The van der Waals surface area contributed by atoms with Crippen molar-refractivity contribution in [2.24, 2.45) is 0 Å². The zero-order valence-corrected chi connectivity index (χ0v) is 12.3. The lowest BCUT2D eigenvalue weighted by atomic mass is 10.1. The molecule has 0 spiro atoms. The van der Waals surface area contributed by atoms with E-state index in [-0.39, 0.29) is 17.1 Å². The molecular weight excluding hydrogens is 322 g/mol. The number of halogens is 1. The fourth-order valence-electron chi connectivity index (χ4n) is 1.71. The van der Waals surface area contributed by atoms with E-state index in [0.717, 1.165) is 0 Å². The fourth-order valence-corrected chi connectivity index (χ4v) is 2.06. The maximum absolute atomic E-state index is 12.1. The molecule has 5 heteroatoms. The molecule has 0 aliphatic rings. The third-order valence-corrected chi connectivity index (χ3v) is 3.22. The predicted octanol–water partition coefficient (Wildman–Crippen LogP) is 3.61. The number of anilines is 1. The van der Waals surface area contributed by atoms with Crippen LogP contribution in [-0.4, -0.2) is 16.8 Å². The molecule has 0 aliphatic heterocycles. The Balaban J connectivity index is 2.23. The summed E-state index contributed by atoms with van der Waals surface area (Å²) < 4.78 is 0.685. The van der Waals surface area contributed by atoms with Gasteiger partial charge in [-0.1, -0.05) is 28.1 Å². The van der Waals surface area contributed by atoms with Crippen LogP contribution >= 0.6 is 15.9 Å². The number of carbonyl (C=O) groups is 2. The molecule has 0 saturated heterocycles. The highest BCUT2D eigenvalue weighted by atomic mass is 79.9. The first-order valence-corrected chi connectivity index (χ1v) is 6.67. The van der Waals surface area contributed by atoms with E-state index in [4.69, 9.17) is 0 Å². The van der Waals surface area contributed by atoms with Crippen molar-refractivity contribution in [1.82, 2.24) is 0 Å². The molecule has 0 atom stereocenters. The molecule has 0 fully saturated rings. The van der Waals surface area contributed by atoms with Crippen molar-refractivity contribution < 1.29 is 14.7 Å². The molecule has 4 nitrogen and oxygen atoms in total. The SMILES string of the molecule is CC(=O)c1cccc(NC(=O)c2ccc(Br)cc2O)c1. The normalized spacial score (nSPS) is 10.1. The van der Waals surface area contributed by atoms with Crippen LogP contribution in [0.25, 0.3) is 0 Å². The van der Waals surface area contributed by atoms with Crippen LogP contribution < -0.4 is 5.32 Å². The van der Waals surface area contributed by atoms with Gasteiger partial charge in [0.2, 0.25) is 0 Å². The molecule has 0 aliphatic carbocycles. The van der Waals surface area contributed by atoms with Gasteiger partial charge < -0.3 is 10.4 Å². The molecule has 2 aromatic rings. The van der Waals surface area contributed by atoms with E-state index in [2.05, 4.69) is 21.2 Å². The summed E-state index contributed by atoms with van der Waals surface area (Å²) in [4.78, 5) is 23.3. The number of Topliss-reactive ketones (excluding diaryl/α,β-unsaturated/α-hetero) is 1. The summed E-state index contributed by atoms with van der Waals surface area (Å²) in [5.74, 6) is -0.622. The Morgan fingerprint density at radius 3 is 2.55 bits per heavy atom. The number of benzene rings is 2. The van der Waals surface area contributed by atoms with Crippen LogP contribution in [0.15, 0.2) is 46.9 Å². The van der Waals surface area contributed by atoms with Gasteiger partial charge in [0.15, 0.2) is 5.78 Å². The summed E-state index contributed by atoms with van der Waals surface area (Å²) in [7, 11) is 0. The minimum absolute atomic E-state index is 0.0763. The summed E-state index contributed by atoms with van der Waals surface area (Å²) in [5, 5.41) is 12.4. The Hall–Kier alpha value is -2.14. The number of rotatable bonds is 3. The molecule has 2 aromatic carbocycles. The van der Waals surface area contributed by atoms with Crippen LogP contribution in [0.3, 0.4) is 0 Å². The lowest BCUT2D eigenvalue weighted by molar-refractivity contribution is 0.101. The van der Waals surface area contributed by atoms with Gasteiger partial charge in [0.05, 0.1) is 5.56 Å². The van der Waals surface area contributed by atoms with Crippen LogP contribution in [0, 0.1) is 0 Å². The number of amides is 1. The van der Waals surface area contributed by atoms with E-state index >= 15 is 0 Å². The third-order valence-electron chi connectivity index (χ3n) is 2.73. The molecule has 102 valence electrons. The van der Waals surface area contributed by atoms with E-state index in [1.54, 1.807) is 30.3 Å². The zero-order valence-electron chi connectivity index (χ0n) is 10.7. The molecule has 0 saturated carbocycles. The van der Waals surface area contributed by atoms with Crippen molar-refractivity contribution in [2.75, 3.05) is 5.32 Å². The van der Waals surface area contributed by atoms with Crippen LogP contribution in [0.4, 0.5) is 5.69 Å². The number of aromatic hydroxyl groups is 1. The highest BCUT2D eigenvalue weighted by Gasteiger charge is 2.12. The van der Waals surface area contributed by atoms with E-state index in [9.17, 15) is 14.7 Å². The van der Waals surface area contributed by atoms with Gasteiger partial charge in [-0.15, -0.1) is 0 Å². The topological polar surface area (TPSA) is 66.4 Å². The first-order valence-electron chi connectivity index (χ1n) is 5.88. The third kappa shape index (κ3) is 3.24. The molecule has 2 rings (SSSR count).